The van der Waals surface area contributed by atoms with Gasteiger partial charge in [0.1, 0.15) is 10.6 Å². The predicted octanol–water partition coefficient (Wildman–Crippen LogP) is 2.80. The second kappa shape index (κ2) is 7.51. The average molecular weight is 413 g/mol. The average Bonchev–Trinajstić information content (AvgIpc) is 3.00. The molecular formula is C21H23N3O4S. The number of hydrogen-bond acceptors (Lipinski definition) is 5. The number of carbonyl (C=O) groups excluding carboxylic acids is 1. The number of anilines is 1. The fourth-order valence-corrected chi connectivity index (χ4v) is 5.08. The quantitative estimate of drug-likeness (QED) is 0.836. The molecule has 1 amide bonds. The molecule has 152 valence electrons. The van der Waals surface area contributed by atoms with Crippen LogP contribution in [0.1, 0.15) is 24.0 Å². The van der Waals surface area contributed by atoms with Crippen molar-refractivity contribution in [2.45, 2.75) is 24.7 Å². The summed E-state index contributed by atoms with van der Waals surface area (Å²) in [7, 11) is -2.11. The molecule has 2 aromatic rings. The van der Waals surface area contributed by atoms with Gasteiger partial charge in [-0.05, 0) is 49.6 Å². The summed E-state index contributed by atoms with van der Waals surface area (Å²) in [5.74, 6) is 0.670. The molecule has 0 aliphatic carbocycles. The van der Waals surface area contributed by atoms with E-state index < -0.39 is 10.0 Å². The van der Waals surface area contributed by atoms with Gasteiger partial charge in [-0.15, -0.1) is 4.40 Å². The Morgan fingerprint density at radius 3 is 2.83 bits per heavy atom. The van der Waals surface area contributed by atoms with E-state index in [1.807, 2.05) is 30.0 Å². The van der Waals surface area contributed by atoms with Crippen molar-refractivity contribution in [2.75, 3.05) is 25.5 Å². The molecule has 1 atom stereocenters. The van der Waals surface area contributed by atoms with Crippen molar-refractivity contribution in [3.05, 3.63) is 53.6 Å². The largest absolute Gasteiger partial charge is 0.495 e. The molecule has 0 aromatic heterocycles. The van der Waals surface area contributed by atoms with Gasteiger partial charge < -0.3 is 15.0 Å². The molecule has 2 heterocycles. The highest BCUT2D eigenvalue weighted by Crippen LogP contribution is 2.31. The minimum Gasteiger partial charge on any atom is -0.495 e. The number of ether oxygens (including phenoxy) is 1. The number of carbonyl (C=O) groups is 1. The molecule has 2 aliphatic heterocycles. The molecule has 8 heteroatoms. The van der Waals surface area contributed by atoms with Crippen molar-refractivity contribution in [1.29, 1.82) is 0 Å². The van der Waals surface area contributed by atoms with Crippen LogP contribution >= 0.6 is 0 Å². The number of aryl methyl sites for hydroxylation is 1. The number of likely N-dealkylation sites (tertiary alicyclic amines) is 1. The maximum atomic E-state index is 12.9. The molecule has 7 nitrogen and oxygen atoms in total. The SMILES string of the molecule is COc1ccc(C)cc1NC(=O)[C@@H]1CCCN(C2=NS(=O)(=O)c3ccccc32)C1. The Labute approximate surface area is 170 Å². The number of benzene rings is 2. The van der Waals surface area contributed by atoms with Crippen molar-refractivity contribution in [1.82, 2.24) is 4.90 Å². The smallest absolute Gasteiger partial charge is 0.285 e. The van der Waals surface area contributed by atoms with Gasteiger partial charge in [0.25, 0.3) is 10.0 Å². The molecule has 0 unspecified atom stereocenters. The van der Waals surface area contributed by atoms with E-state index in [1.165, 1.54) is 0 Å². The summed E-state index contributed by atoms with van der Waals surface area (Å²) in [5.41, 5.74) is 2.27. The Balaban J connectivity index is 1.54. The number of amidine groups is 1. The third kappa shape index (κ3) is 3.72. The summed E-state index contributed by atoms with van der Waals surface area (Å²) in [5, 5.41) is 2.97. The number of sulfonamides is 1. The van der Waals surface area contributed by atoms with Gasteiger partial charge in [-0.2, -0.15) is 8.42 Å². The molecule has 4 rings (SSSR count). The zero-order chi connectivity index (χ0) is 20.6. The van der Waals surface area contributed by atoms with E-state index >= 15 is 0 Å². The number of piperidine rings is 1. The highest BCUT2D eigenvalue weighted by atomic mass is 32.2. The van der Waals surface area contributed by atoms with Gasteiger partial charge in [-0.3, -0.25) is 4.79 Å². The summed E-state index contributed by atoms with van der Waals surface area (Å²) in [6.07, 6.45) is 1.52. The summed E-state index contributed by atoms with van der Waals surface area (Å²) >= 11 is 0. The van der Waals surface area contributed by atoms with Gasteiger partial charge in [-0.1, -0.05) is 18.2 Å². The number of rotatable bonds is 3. The third-order valence-electron chi connectivity index (χ3n) is 5.32. The molecule has 0 bridgehead atoms. The van der Waals surface area contributed by atoms with Gasteiger partial charge in [0.05, 0.1) is 18.7 Å². The lowest BCUT2D eigenvalue weighted by molar-refractivity contribution is -0.121. The molecular weight excluding hydrogens is 390 g/mol. The molecule has 0 saturated carbocycles. The molecule has 2 aliphatic rings. The minimum absolute atomic E-state index is 0.103. The Bertz CT molecular complexity index is 1090. The lowest BCUT2D eigenvalue weighted by atomic mass is 9.96. The van der Waals surface area contributed by atoms with E-state index in [0.29, 0.717) is 35.9 Å². The van der Waals surface area contributed by atoms with E-state index in [9.17, 15) is 13.2 Å². The van der Waals surface area contributed by atoms with Crippen molar-refractivity contribution in [3.63, 3.8) is 0 Å². The molecule has 1 N–H and O–H groups in total. The first-order valence-corrected chi connectivity index (χ1v) is 11.0. The van der Waals surface area contributed by atoms with Crippen LogP contribution in [0.3, 0.4) is 0 Å². The van der Waals surface area contributed by atoms with Crippen LogP contribution in [0.4, 0.5) is 5.69 Å². The number of hydrogen-bond donors (Lipinski definition) is 1. The van der Waals surface area contributed by atoms with Crippen molar-refractivity contribution < 1.29 is 17.9 Å². The Morgan fingerprint density at radius 1 is 1.24 bits per heavy atom. The van der Waals surface area contributed by atoms with Gasteiger partial charge >= 0.3 is 0 Å². The highest BCUT2D eigenvalue weighted by molar-refractivity contribution is 7.90. The number of fused-ring (bicyclic) bond motifs is 1. The number of amides is 1. The van der Waals surface area contributed by atoms with Crippen LogP contribution in [0.25, 0.3) is 0 Å². The van der Waals surface area contributed by atoms with Crippen LogP contribution in [0.2, 0.25) is 0 Å². The fraction of sp³-hybridized carbons (Fsp3) is 0.333. The topological polar surface area (TPSA) is 88.1 Å². The molecule has 2 aromatic carbocycles. The van der Waals surface area contributed by atoms with E-state index in [1.54, 1.807) is 31.4 Å². The van der Waals surface area contributed by atoms with Crippen LogP contribution in [-0.4, -0.2) is 45.3 Å². The zero-order valence-electron chi connectivity index (χ0n) is 16.4. The second-order valence-electron chi connectivity index (χ2n) is 7.36. The Morgan fingerprint density at radius 2 is 2.03 bits per heavy atom. The molecule has 0 radical (unpaired) electrons. The first-order valence-electron chi connectivity index (χ1n) is 9.54. The molecule has 1 saturated heterocycles. The summed E-state index contributed by atoms with van der Waals surface area (Å²) in [6, 6.07) is 12.4. The van der Waals surface area contributed by atoms with E-state index in [0.717, 1.165) is 18.4 Å². The molecule has 0 spiro atoms. The van der Waals surface area contributed by atoms with E-state index in [4.69, 9.17) is 4.74 Å². The highest BCUT2D eigenvalue weighted by Gasteiger charge is 2.35. The van der Waals surface area contributed by atoms with Crippen molar-refractivity contribution in [2.24, 2.45) is 10.3 Å². The van der Waals surface area contributed by atoms with Gasteiger partial charge in [0.2, 0.25) is 5.91 Å². The van der Waals surface area contributed by atoms with Crippen LogP contribution in [0.15, 0.2) is 51.8 Å². The maximum absolute atomic E-state index is 12.9. The van der Waals surface area contributed by atoms with Gasteiger partial charge in [-0.25, -0.2) is 0 Å². The van der Waals surface area contributed by atoms with Gasteiger partial charge in [0, 0.05) is 18.7 Å². The summed E-state index contributed by atoms with van der Waals surface area (Å²) in [6.45, 7) is 3.04. The monoisotopic (exact) mass is 413 g/mol. The van der Waals surface area contributed by atoms with Crippen molar-refractivity contribution >= 4 is 27.5 Å². The second-order valence-corrected chi connectivity index (χ2v) is 8.94. The Kier molecular flexibility index (Phi) is 5.04. The summed E-state index contributed by atoms with van der Waals surface area (Å²) < 4.78 is 34.0. The fourth-order valence-electron chi connectivity index (χ4n) is 3.85. The standard InChI is InChI=1S/C21H23N3O4S/c1-14-9-10-18(28-2)17(12-14)22-21(25)15-6-5-11-24(13-15)20-16-7-3-4-8-19(16)29(26,27)23-20/h3-4,7-10,12,15H,5-6,11,13H2,1-2H3,(H,22,25)/t15-/m1/s1. The third-order valence-corrected chi connectivity index (χ3v) is 6.64. The van der Waals surface area contributed by atoms with Crippen LogP contribution in [0, 0.1) is 12.8 Å². The van der Waals surface area contributed by atoms with E-state index in [-0.39, 0.29) is 16.7 Å². The van der Waals surface area contributed by atoms with Crippen LogP contribution in [0.5, 0.6) is 5.75 Å². The number of nitrogens with one attached hydrogen (secondary N) is 1. The maximum Gasteiger partial charge on any atom is 0.285 e. The Hall–Kier alpha value is -2.87. The normalized spacial score (nSPS) is 20.0. The zero-order valence-corrected chi connectivity index (χ0v) is 17.2. The van der Waals surface area contributed by atoms with Crippen molar-refractivity contribution in [3.8, 4) is 5.75 Å². The molecule has 29 heavy (non-hydrogen) atoms. The summed E-state index contributed by atoms with van der Waals surface area (Å²) in [4.78, 5) is 15.1. The number of methoxy groups -OCH3 is 1. The lowest BCUT2D eigenvalue weighted by Crippen LogP contribution is -2.43. The lowest BCUT2D eigenvalue weighted by Gasteiger charge is -2.33. The van der Waals surface area contributed by atoms with E-state index in [2.05, 4.69) is 9.71 Å². The molecule has 1 fully saturated rings. The predicted molar refractivity (Wildman–Crippen MR) is 111 cm³/mol. The van der Waals surface area contributed by atoms with Gasteiger partial charge in [0.15, 0.2) is 5.84 Å². The van der Waals surface area contributed by atoms with Crippen LogP contribution in [-0.2, 0) is 14.8 Å². The first kappa shape index (κ1) is 19.4. The minimum atomic E-state index is -3.67. The van der Waals surface area contributed by atoms with Crippen LogP contribution < -0.4 is 10.1 Å². The first-order chi connectivity index (χ1) is 13.9. The number of nitrogens with zero attached hydrogens (tertiary/aromatic N) is 2.